The monoisotopic (exact) mass is 242 g/mol. The highest BCUT2D eigenvalue weighted by Gasteiger charge is 2.17. The number of hydrogen-bond acceptors (Lipinski definition) is 2. The van der Waals surface area contributed by atoms with Crippen LogP contribution in [-0.4, -0.2) is 30.4 Å². The molecule has 1 aliphatic rings. The maximum Gasteiger partial charge on any atom is 0.236 e. The summed E-state index contributed by atoms with van der Waals surface area (Å²) in [5, 5.41) is 2.95. The zero-order valence-corrected chi connectivity index (χ0v) is 10.5. The standard InChI is InChI=1S/C15H18N2O/c1-2-9-16-11-15(18)17-10-5-8-13-6-3-4-7-14(13)12-17/h1,3-4,6-7,16H,5,8-12H2. The van der Waals surface area contributed by atoms with Crippen LogP contribution in [0.25, 0.3) is 0 Å². The predicted molar refractivity (Wildman–Crippen MR) is 71.9 cm³/mol. The zero-order valence-electron chi connectivity index (χ0n) is 10.5. The van der Waals surface area contributed by atoms with E-state index >= 15 is 0 Å². The van der Waals surface area contributed by atoms with Crippen molar-refractivity contribution in [3.8, 4) is 12.3 Å². The minimum atomic E-state index is 0.127. The molecule has 1 heterocycles. The van der Waals surface area contributed by atoms with Crippen LogP contribution in [0.2, 0.25) is 0 Å². The molecule has 0 spiro atoms. The van der Waals surface area contributed by atoms with E-state index in [4.69, 9.17) is 6.42 Å². The fraction of sp³-hybridized carbons (Fsp3) is 0.400. The summed E-state index contributed by atoms with van der Waals surface area (Å²) < 4.78 is 0. The van der Waals surface area contributed by atoms with Gasteiger partial charge in [0.2, 0.25) is 5.91 Å². The topological polar surface area (TPSA) is 32.3 Å². The van der Waals surface area contributed by atoms with Gasteiger partial charge in [0, 0.05) is 13.1 Å². The van der Waals surface area contributed by atoms with E-state index in [-0.39, 0.29) is 5.91 Å². The molecule has 94 valence electrons. The van der Waals surface area contributed by atoms with E-state index < -0.39 is 0 Å². The minimum absolute atomic E-state index is 0.127. The fourth-order valence-electron chi connectivity index (χ4n) is 2.27. The zero-order chi connectivity index (χ0) is 12.8. The van der Waals surface area contributed by atoms with Crippen molar-refractivity contribution >= 4 is 5.91 Å². The Morgan fingerprint density at radius 2 is 2.17 bits per heavy atom. The Hall–Kier alpha value is -1.79. The summed E-state index contributed by atoms with van der Waals surface area (Å²) in [5.74, 6) is 2.60. The summed E-state index contributed by atoms with van der Waals surface area (Å²) in [6.45, 7) is 2.31. The van der Waals surface area contributed by atoms with Crippen LogP contribution in [0.15, 0.2) is 24.3 Å². The van der Waals surface area contributed by atoms with Gasteiger partial charge in [-0.25, -0.2) is 0 Å². The lowest BCUT2D eigenvalue weighted by atomic mass is 10.0. The Morgan fingerprint density at radius 1 is 1.39 bits per heavy atom. The van der Waals surface area contributed by atoms with Gasteiger partial charge in [0.15, 0.2) is 0 Å². The Kier molecular flexibility index (Phi) is 4.38. The van der Waals surface area contributed by atoms with E-state index in [1.165, 1.54) is 11.1 Å². The molecule has 0 atom stereocenters. The normalized spacial score (nSPS) is 14.5. The van der Waals surface area contributed by atoms with Crippen molar-refractivity contribution in [1.82, 2.24) is 10.2 Å². The second-order valence-corrected chi connectivity index (χ2v) is 4.50. The molecule has 0 saturated heterocycles. The molecule has 1 aliphatic heterocycles. The summed E-state index contributed by atoms with van der Waals surface area (Å²) in [7, 11) is 0. The molecule has 3 nitrogen and oxygen atoms in total. The SMILES string of the molecule is C#CCNCC(=O)N1CCCc2ccccc2C1. The first-order chi connectivity index (χ1) is 8.81. The highest BCUT2D eigenvalue weighted by Crippen LogP contribution is 2.18. The molecule has 0 unspecified atom stereocenters. The average molecular weight is 242 g/mol. The van der Waals surface area contributed by atoms with Crippen molar-refractivity contribution in [2.75, 3.05) is 19.6 Å². The Bertz CT molecular complexity index is 462. The number of hydrogen-bond donors (Lipinski definition) is 1. The summed E-state index contributed by atoms with van der Waals surface area (Å²) in [4.78, 5) is 13.9. The quantitative estimate of drug-likeness (QED) is 0.638. The van der Waals surface area contributed by atoms with Crippen LogP contribution in [-0.2, 0) is 17.8 Å². The van der Waals surface area contributed by atoms with Gasteiger partial charge in [-0.2, -0.15) is 0 Å². The summed E-state index contributed by atoms with van der Waals surface area (Å²) >= 11 is 0. The number of amides is 1. The number of benzene rings is 1. The van der Waals surface area contributed by atoms with E-state index in [2.05, 4.69) is 29.4 Å². The lowest BCUT2D eigenvalue weighted by Gasteiger charge is -2.21. The number of terminal acetylenes is 1. The Labute approximate surface area is 108 Å². The van der Waals surface area contributed by atoms with Crippen LogP contribution in [0.4, 0.5) is 0 Å². The Balaban J connectivity index is 1.99. The number of carbonyl (C=O) groups is 1. The van der Waals surface area contributed by atoms with Crippen molar-refractivity contribution in [2.45, 2.75) is 19.4 Å². The first-order valence-electron chi connectivity index (χ1n) is 6.30. The van der Waals surface area contributed by atoms with Gasteiger partial charge in [0.25, 0.3) is 0 Å². The van der Waals surface area contributed by atoms with Crippen LogP contribution in [0.5, 0.6) is 0 Å². The smallest absolute Gasteiger partial charge is 0.236 e. The number of nitrogens with zero attached hydrogens (tertiary/aromatic N) is 1. The summed E-state index contributed by atoms with van der Waals surface area (Å²) in [6.07, 6.45) is 7.22. The molecule has 0 bridgehead atoms. The van der Waals surface area contributed by atoms with Gasteiger partial charge in [0.1, 0.15) is 0 Å². The third kappa shape index (κ3) is 3.12. The molecule has 0 saturated carbocycles. The van der Waals surface area contributed by atoms with E-state index in [1.54, 1.807) is 0 Å². The number of nitrogens with one attached hydrogen (secondary N) is 1. The van der Waals surface area contributed by atoms with E-state index in [1.807, 2.05) is 11.0 Å². The number of carbonyl (C=O) groups excluding carboxylic acids is 1. The first kappa shape index (κ1) is 12.7. The largest absolute Gasteiger partial charge is 0.337 e. The maximum atomic E-state index is 12.0. The van der Waals surface area contributed by atoms with Gasteiger partial charge in [-0.15, -0.1) is 6.42 Å². The summed E-state index contributed by atoms with van der Waals surface area (Å²) in [5.41, 5.74) is 2.63. The van der Waals surface area contributed by atoms with Gasteiger partial charge in [-0.05, 0) is 24.0 Å². The lowest BCUT2D eigenvalue weighted by molar-refractivity contribution is -0.130. The fourth-order valence-corrected chi connectivity index (χ4v) is 2.27. The summed E-state index contributed by atoms with van der Waals surface area (Å²) in [6, 6.07) is 8.35. The highest BCUT2D eigenvalue weighted by molar-refractivity contribution is 5.78. The average Bonchev–Trinajstić information content (AvgIpc) is 2.61. The molecule has 0 aliphatic carbocycles. The molecule has 0 radical (unpaired) electrons. The van der Waals surface area contributed by atoms with Crippen molar-refractivity contribution in [1.29, 1.82) is 0 Å². The van der Waals surface area contributed by atoms with Crippen LogP contribution < -0.4 is 5.32 Å². The first-order valence-corrected chi connectivity index (χ1v) is 6.30. The van der Waals surface area contributed by atoms with Gasteiger partial charge < -0.3 is 4.90 Å². The molecule has 2 rings (SSSR count). The van der Waals surface area contributed by atoms with Crippen molar-refractivity contribution < 1.29 is 4.79 Å². The molecule has 3 heteroatoms. The van der Waals surface area contributed by atoms with Crippen molar-refractivity contribution in [2.24, 2.45) is 0 Å². The second-order valence-electron chi connectivity index (χ2n) is 4.50. The van der Waals surface area contributed by atoms with Crippen molar-refractivity contribution in [3.05, 3.63) is 35.4 Å². The number of fused-ring (bicyclic) bond motifs is 1. The molecule has 1 N–H and O–H groups in total. The van der Waals surface area contributed by atoms with Crippen molar-refractivity contribution in [3.63, 3.8) is 0 Å². The van der Waals surface area contributed by atoms with E-state index in [0.29, 0.717) is 19.6 Å². The lowest BCUT2D eigenvalue weighted by Crippen LogP contribution is -2.38. The van der Waals surface area contributed by atoms with Gasteiger partial charge in [-0.1, -0.05) is 30.2 Å². The van der Waals surface area contributed by atoms with Crippen LogP contribution in [0, 0.1) is 12.3 Å². The van der Waals surface area contributed by atoms with Gasteiger partial charge in [0.05, 0.1) is 13.1 Å². The third-order valence-electron chi connectivity index (χ3n) is 3.21. The number of rotatable bonds is 3. The molecule has 18 heavy (non-hydrogen) atoms. The molecular formula is C15H18N2O. The highest BCUT2D eigenvalue weighted by atomic mass is 16.2. The maximum absolute atomic E-state index is 12.0. The molecule has 0 fully saturated rings. The minimum Gasteiger partial charge on any atom is -0.337 e. The van der Waals surface area contributed by atoms with Crippen LogP contribution >= 0.6 is 0 Å². The van der Waals surface area contributed by atoms with Gasteiger partial charge in [-0.3, -0.25) is 10.1 Å². The number of aryl methyl sites for hydroxylation is 1. The molecule has 1 aromatic rings. The van der Waals surface area contributed by atoms with E-state index in [0.717, 1.165) is 19.4 Å². The molecular weight excluding hydrogens is 224 g/mol. The molecule has 0 aromatic heterocycles. The predicted octanol–water partition coefficient (Wildman–Crippen LogP) is 1.18. The third-order valence-corrected chi connectivity index (χ3v) is 3.21. The second kappa shape index (κ2) is 6.23. The Morgan fingerprint density at radius 3 is 2.94 bits per heavy atom. The molecule has 1 aromatic carbocycles. The van der Waals surface area contributed by atoms with Gasteiger partial charge >= 0.3 is 0 Å². The van der Waals surface area contributed by atoms with E-state index in [9.17, 15) is 4.79 Å². The van der Waals surface area contributed by atoms with Crippen LogP contribution in [0.1, 0.15) is 17.5 Å². The molecule has 1 amide bonds. The van der Waals surface area contributed by atoms with Crippen LogP contribution in [0.3, 0.4) is 0 Å².